The van der Waals surface area contributed by atoms with E-state index in [4.69, 9.17) is 19.3 Å². The molecule has 0 heterocycles. The predicted octanol–water partition coefficient (Wildman–Crippen LogP) is 12.9. The summed E-state index contributed by atoms with van der Waals surface area (Å²) in [7, 11) is -4.74. The number of carbonyl (C=O) groups is 2. The van der Waals surface area contributed by atoms with Gasteiger partial charge in [-0.1, -0.05) is 206 Å². The van der Waals surface area contributed by atoms with E-state index in [0.29, 0.717) is 6.42 Å². The Labute approximate surface area is 308 Å². The molecule has 0 aliphatic heterocycles. The van der Waals surface area contributed by atoms with Crippen LogP contribution in [0.4, 0.5) is 0 Å². The van der Waals surface area contributed by atoms with Crippen molar-refractivity contribution in [2.24, 2.45) is 0 Å². The smallest absolute Gasteiger partial charge is 0.462 e. The van der Waals surface area contributed by atoms with Crippen molar-refractivity contribution in [1.82, 2.24) is 0 Å². The number of phosphoric acid groups is 1. The molecule has 9 heteroatoms. The van der Waals surface area contributed by atoms with E-state index < -0.39 is 32.5 Å². The zero-order chi connectivity index (χ0) is 36.8. The van der Waals surface area contributed by atoms with Gasteiger partial charge in [0, 0.05) is 12.8 Å². The molecule has 0 radical (unpaired) electrons. The number of carbonyl (C=O) groups excluding carboxylic acids is 2. The fourth-order valence-electron chi connectivity index (χ4n) is 6.43. The third-order valence-electron chi connectivity index (χ3n) is 9.63. The van der Waals surface area contributed by atoms with Crippen LogP contribution in [0.2, 0.25) is 0 Å². The maximum atomic E-state index is 12.4. The summed E-state index contributed by atoms with van der Waals surface area (Å²) in [6.45, 7) is 3.72. The first-order chi connectivity index (χ1) is 24.3. The lowest BCUT2D eigenvalue weighted by atomic mass is 10.0. The van der Waals surface area contributed by atoms with Gasteiger partial charge in [0.05, 0.1) is 6.61 Å². The van der Waals surface area contributed by atoms with Crippen molar-refractivity contribution in [2.45, 2.75) is 238 Å². The third kappa shape index (κ3) is 39.8. The second-order valence-corrected chi connectivity index (χ2v) is 15.9. The van der Waals surface area contributed by atoms with Crippen LogP contribution in [0.1, 0.15) is 232 Å². The Morgan fingerprint density at radius 2 is 0.720 bits per heavy atom. The molecule has 0 fully saturated rings. The zero-order valence-electron chi connectivity index (χ0n) is 32.8. The highest BCUT2D eigenvalue weighted by Gasteiger charge is 2.22. The number of phosphoric ester groups is 1. The van der Waals surface area contributed by atoms with Gasteiger partial charge >= 0.3 is 19.8 Å². The monoisotopic (exact) mass is 733 g/mol. The molecule has 2 N–H and O–H groups in total. The quantitative estimate of drug-likeness (QED) is 0.0363. The van der Waals surface area contributed by atoms with Gasteiger partial charge in [0.25, 0.3) is 0 Å². The molecule has 0 aliphatic rings. The molecule has 298 valence electrons. The largest absolute Gasteiger partial charge is 0.469 e. The molecule has 0 rings (SSSR count). The van der Waals surface area contributed by atoms with Crippen molar-refractivity contribution in [1.29, 1.82) is 0 Å². The van der Waals surface area contributed by atoms with E-state index in [1.165, 1.54) is 167 Å². The van der Waals surface area contributed by atoms with Crippen LogP contribution < -0.4 is 0 Å². The molecular formula is C41H81O8P. The van der Waals surface area contributed by atoms with Crippen molar-refractivity contribution in [2.75, 3.05) is 13.2 Å². The maximum Gasteiger partial charge on any atom is 0.469 e. The number of rotatable bonds is 40. The molecule has 50 heavy (non-hydrogen) atoms. The summed E-state index contributed by atoms with van der Waals surface area (Å²) < 4.78 is 26.4. The van der Waals surface area contributed by atoms with E-state index in [2.05, 4.69) is 18.4 Å². The van der Waals surface area contributed by atoms with Crippen molar-refractivity contribution < 1.29 is 37.9 Å². The minimum Gasteiger partial charge on any atom is -0.462 e. The number of ether oxygens (including phenoxy) is 2. The minimum absolute atomic E-state index is 0.220. The molecule has 8 nitrogen and oxygen atoms in total. The molecule has 0 aromatic rings. The Morgan fingerprint density at radius 1 is 0.440 bits per heavy atom. The molecule has 1 atom stereocenters. The minimum atomic E-state index is -4.74. The summed E-state index contributed by atoms with van der Waals surface area (Å²) in [5.74, 6) is -0.867. The van der Waals surface area contributed by atoms with Gasteiger partial charge in [-0.3, -0.25) is 14.1 Å². The standard InChI is InChI=1S/C41H81O8P/c1-3-5-7-9-11-13-15-17-19-20-21-22-24-25-27-29-31-33-35-40(42)47-37-39(38-48-50(44,45)46)49-41(43)36-34-32-30-28-26-23-18-16-14-12-10-8-6-4-2/h39H,3-38H2,1-2H3,(H2,44,45,46)/t39-/m1/s1. The first-order valence-electron chi connectivity index (χ1n) is 21.3. The Balaban J connectivity index is 3.84. The van der Waals surface area contributed by atoms with E-state index >= 15 is 0 Å². The molecule has 0 aliphatic carbocycles. The molecule has 0 spiro atoms. The van der Waals surface area contributed by atoms with Crippen molar-refractivity contribution >= 4 is 19.8 Å². The topological polar surface area (TPSA) is 119 Å². The van der Waals surface area contributed by atoms with Gasteiger partial charge in [-0.05, 0) is 12.8 Å². The van der Waals surface area contributed by atoms with Gasteiger partial charge < -0.3 is 19.3 Å². The Kier molecular flexibility index (Phi) is 37.1. The molecule has 0 saturated carbocycles. The number of unbranched alkanes of at least 4 members (excludes halogenated alkanes) is 30. The van der Waals surface area contributed by atoms with Gasteiger partial charge in [-0.15, -0.1) is 0 Å². The van der Waals surface area contributed by atoms with Gasteiger partial charge in [0.15, 0.2) is 6.10 Å². The predicted molar refractivity (Wildman–Crippen MR) is 207 cm³/mol. The Hall–Kier alpha value is -0.950. The van der Waals surface area contributed by atoms with Gasteiger partial charge in [0.2, 0.25) is 0 Å². The van der Waals surface area contributed by atoms with E-state index in [1.54, 1.807) is 0 Å². The Bertz CT molecular complexity index is 787. The van der Waals surface area contributed by atoms with Gasteiger partial charge in [0.1, 0.15) is 6.61 Å². The maximum absolute atomic E-state index is 12.4. The lowest BCUT2D eigenvalue weighted by Crippen LogP contribution is -2.29. The molecule has 0 unspecified atom stereocenters. The van der Waals surface area contributed by atoms with Crippen LogP contribution in [0.15, 0.2) is 0 Å². The summed E-state index contributed by atoms with van der Waals surface area (Å²) in [6.07, 6.45) is 39.7. The highest BCUT2D eigenvalue weighted by Crippen LogP contribution is 2.36. The fraction of sp³-hybridized carbons (Fsp3) is 0.951. The van der Waals surface area contributed by atoms with Crippen LogP contribution in [0.3, 0.4) is 0 Å². The molecule has 0 bridgehead atoms. The summed E-state index contributed by atoms with van der Waals surface area (Å²) >= 11 is 0. The third-order valence-corrected chi connectivity index (χ3v) is 10.1. The summed E-state index contributed by atoms with van der Waals surface area (Å²) in [4.78, 5) is 42.8. The summed E-state index contributed by atoms with van der Waals surface area (Å²) in [5.41, 5.74) is 0. The lowest BCUT2D eigenvalue weighted by molar-refractivity contribution is -0.161. The average molecular weight is 733 g/mol. The highest BCUT2D eigenvalue weighted by atomic mass is 31.2. The molecule has 0 aromatic heterocycles. The van der Waals surface area contributed by atoms with Crippen LogP contribution in [0, 0.1) is 0 Å². The van der Waals surface area contributed by atoms with Crippen LogP contribution in [0.5, 0.6) is 0 Å². The average Bonchev–Trinajstić information content (AvgIpc) is 3.08. The summed E-state index contributed by atoms with van der Waals surface area (Å²) in [6, 6.07) is 0. The normalized spacial score (nSPS) is 12.3. The van der Waals surface area contributed by atoms with E-state index in [1.807, 2.05) is 0 Å². The zero-order valence-corrected chi connectivity index (χ0v) is 33.7. The van der Waals surface area contributed by atoms with Crippen LogP contribution >= 0.6 is 7.82 Å². The number of hydrogen-bond acceptors (Lipinski definition) is 6. The van der Waals surface area contributed by atoms with E-state index in [9.17, 15) is 14.2 Å². The van der Waals surface area contributed by atoms with E-state index in [-0.39, 0.29) is 19.4 Å². The van der Waals surface area contributed by atoms with Crippen molar-refractivity contribution in [3.63, 3.8) is 0 Å². The number of hydrogen-bond donors (Lipinski definition) is 2. The SMILES string of the molecule is CCCCCCCCCCCCCCCCCCCCC(=O)OC[C@H](COP(=O)(O)O)OC(=O)CCCCCCCCCCCCCCCC. The first kappa shape index (κ1) is 49.0. The van der Waals surface area contributed by atoms with E-state index in [0.717, 1.165) is 32.1 Å². The number of esters is 2. The molecule has 0 saturated heterocycles. The second kappa shape index (κ2) is 37.8. The molecular weight excluding hydrogens is 651 g/mol. The van der Waals surface area contributed by atoms with Crippen LogP contribution in [-0.4, -0.2) is 41.0 Å². The lowest BCUT2D eigenvalue weighted by Gasteiger charge is -2.18. The molecule has 0 amide bonds. The van der Waals surface area contributed by atoms with Crippen LogP contribution in [0.25, 0.3) is 0 Å². The highest BCUT2D eigenvalue weighted by molar-refractivity contribution is 7.46. The first-order valence-corrected chi connectivity index (χ1v) is 22.9. The molecule has 0 aromatic carbocycles. The second-order valence-electron chi connectivity index (χ2n) is 14.7. The van der Waals surface area contributed by atoms with Gasteiger partial charge in [-0.25, -0.2) is 4.57 Å². The van der Waals surface area contributed by atoms with Crippen molar-refractivity contribution in [3.05, 3.63) is 0 Å². The van der Waals surface area contributed by atoms with Gasteiger partial charge in [-0.2, -0.15) is 0 Å². The Morgan fingerprint density at radius 3 is 1.02 bits per heavy atom. The fourth-order valence-corrected chi connectivity index (χ4v) is 6.79. The summed E-state index contributed by atoms with van der Waals surface area (Å²) in [5, 5.41) is 0. The van der Waals surface area contributed by atoms with Crippen LogP contribution in [-0.2, 0) is 28.2 Å². The van der Waals surface area contributed by atoms with Crippen molar-refractivity contribution in [3.8, 4) is 0 Å².